The van der Waals surface area contributed by atoms with Gasteiger partial charge in [-0.25, -0.2) is 4.68 Å². The van der Waals surface area contributed by atoms with Crippen LogP contribution in [0.1, 0.15) is 18.9 Å². The quantitative estimate of drug-likeness (QED) is 0.867. The molecule has 0 saturated carbocycles. The SMILES string of the molecule is CC1=CCC(=O)Nc2c1cnn2-c1cccc(Cl)c1. The van der Waals surface area contributed by atoms with Gasteiger partial charge < -0.3 is 5.32 Å². The Morgan fingerprint density at radius 1 is 1.42 bits per heavy atom. The number of rotatable bonds is 1. The first kappa shape index (κ1) is 12.0. The van der Waals surface area contributed by atoms with Crippen LogP contribution >= 0.6 is 11.6 Å². The van der Waals surface area contributed by atoms with Crippen molar-refractivity contribution >= 4 is 28.9 Å². The molecule has 1 aliphatic rings. The first-order chi connectivity index (χ1) is 9.15. The molecule has 1 aliphatic heterocycles. The van der Waals surface area contributed by atoms with Crippen molar-refractivity contribution in [3.63, 3.8) is 0 Å². The standard InChI is InChI=1S/C14H12ClN3O/c1-9-5-6-13(19)17-14-12(9)8-16-18(14)11-4-2-3-10(15)7-11/h2-5,7-8H,6H2,1H3,(H,17,19). The molecule has 19 heavy (non-hydrogen) atoms. The second-order valence-electron chi connectivity index (χ2n) is 4.44. The number of fused-ring (bicyclic) bond motifs is 1. The third kappa shape index (κ3) is 2.15. The predicted octanol–water partition coefficient (Wildman–Crippen LogP) is 3.27. The Hall–Kier alpha value is -2.07. The first-order valence-electron chi connectivity index (χ1n) is 5.96. The molecule has 0 radical (unpaired) electrons. The summed E-state index contributed by atoms with van der Waals surface area (Å²) < 4.78 is 1.70. The van der Waals surface area contributed by atoms with Gasteiger partial charge in [0, 0.05) is 17.0 Å². The third-order valence-electron chi connectivity index (χ3n) is 3.10. The second-order valence-corrected chi connectivity index (χ2v) is 4.87. The van der Waals surface area contributed by atoms with Crippen molar-refractivity contribution in [2.45, 2.75) is 13.3 Å². The molecule has 96 valence electrons. The van der Waals surface area contributed by atoms with E-state index in [0.29, 0.717) is 17.3 Å². The number of anilines is 1. The summed E-state index contributed by atoms with van der Waals surface area (Å²) in [6.07, 6.45) is 4.05. The van der Waals surface area contributed by atoms with Crippen LogP contribution in [0.5, 0.6) is 0 Å². The second kappa shape index (κ2) is 4.55. The summed E-state index contributed by atoms with van der Waals surface area (Å²) in [7, 11) is 0. The highest BCUT2D eigenvalue weighted by Crippen LogP contribution is 2.29. The largest absolute Gasteiger partial charge is 0.310 e. The van der Waals surface area contributed by atoms with E-state index in [1.54, 1.807) is 16.9 Å². The predicted molar refractivity (Wildman–Crippen MR) is 75.5 cm³/mol. The molecular weight excluding hydrogens is 262 g/mol. The van der Waals surface area contributed by atoms with Crippen LogP contribution in [0.25, 0.3) is 11.3 Å². The van der Waals surface area contributed by atoms with Crippen LogP contribution in [0.2, 0.25) is 5.02 Å². The zero-order valence-corrected chi connectivity index (χ0v) is 11.1. The average molecular weight is 274 g/mol. The van der Waals surface area contributed by atoms with E-state index in [2.05, 4.69) is 10.4 Å². The van der Waals surface area contributed by atoms with Gasteiger partial charge in [0.2, 0.25) is 5.91 Å². The van der Waals surface area contributed by atoms with Gasteiger partial charge in [0.25, 0.3) is 0 Å². The molecule has 1 N–H and O–H groups in total. The molecule has 0 fully saturated rings. The fourth-order valence-corrected chi connectivity index (χ4v) is 2.28. The van der Waals surface area contributed by atoms with Crippen LogP contribution in [0.4, 0.5) is 5.82 Å². The molecule has 2 heterocycles. The maximum absolute atomic E-state index is 11.7. The first-order valence-corrected chi connectivity index (χ1v) is 6.34. The van der Waals surface area contributed by atoms with Gasteiger partial charge in [0.1, 0.15) is 5.82 Å². The van der Waals surface area contributed by atoms with Crippen LogP contribution in [0.15, 0.2) is 36.5 Å². The molecule has 0 spiro atoms. The summed E-state index contributed by atoms with van der Waals surface area (Å²) >= 11 is 5.99. The monoisotopic (exact) mass is 273 g/mol. The van der Waals surface area contributed by atoms with Crippen molar-refractivity contribution in [3.8, 4) is 5.69 Å². The van der Waals surface area contributed by atoms with E-state index in [-0.39, 0.29) is 5.91 Å². The van der Waals surface area contributed by atoms with E-state index in [9.17, 15) is 4.79 Å². The number of hydrogen-bond acceptors (Lipinski definition) is 2. The number of nitrogens with zero attached hydrogens (tertiary/aromatic N) is 2. The highest BCUT2D eigenvalue weighted by Gasteiger charge is 2.18. The van der Waals surface area contributed by atoms with E-state index in [1.165, 1.54) is 0 Å². The normalized spacial score (nSPS) is 14.4. The summed E-state index contributed by atoms with van der Waals surface area (Å²) in [5.74, 6) is 0.653. The highest BCUT2D eigenvalue weighted by atomic mass is 35.5. The Bertz CT molecular complexity index is 688. The topological polar surface area (TPSA) is 46.9 Å². The molecule has 0 saturated heterocycles. The molecule has 0 bridgehead atoms. The number of carbonyl (C=O) groups is 1. The third-order valence-corrected chi connectivity index (χ3v) is 3.33. The molecular formula is C14H12ClN3O. The Kier molecular flexibility index (Phi) is 2.87. The van der Waals surface area contributed by atoms with E-state index in [4.69, 9.17) is 11.6 Å². The zero-order chi connectivity index (χ0) is 13.4. The summed E-state index contributed by atoms with van der Waals surface area (Å²) in [5.41, 5.74) is 2.80. The van der Waals surface area contributed by atoms with Gasteiger partial charge in [-0.05, 0) is 30.7 Å². The molecule has 3 rings (SSSR count). The van der Waals surface area contributed by atoms with Crippen molar-refractivity contribution in [2.75, 3.05) is 5.32 Å². The summed E-state index contributed by atoms with van der Waals surface area (Å²) in [5, 5.41) is 7.86. The fourth-order valence-electron chi connectivity index (χ4n) is 2.10. The smallest absolute Gasteiger partial charge is 0.229 e. The van der Waals surface area contributed by atoms with Crippen molar-refractivity contribution in [3.05, 3.63) is 47.1 Å². The lowest BCUT2D eigenvalue weighted by molar-refractivity contribution is -0.115. The minimum Gasteiger partial charge on any atom is -0.310 e. The average Bonchev–Trinajstić information content (AvgIpc) is 2.74. The Labute approximate surface area is 115 Å². The maximum Gasteiger partial charge on any atom is 0.229 e. The molecule has 1 aromatic carbocycles. The summed E-state index contributed by atoms with van der Waals surface area (Å²) in [4.78, 5) is 11.7. The molecule has 4 nitrogen and oxygen atoms in total. The number of hydrogen-bond donors (Lipinski definition) is 1. The van der Waals surface area contributed by atoms with Gasteiger partial charge in [-0.3, -0.25) is 4.79 Å². The number of nitrogens with one attached hydrogen (secondary N) is 1. The Balaban J connectivity index is 2.16. The van der Waals surface area contributed by atoms with Gasteiger partial charge in [0.15, 0.2) is 0 Å². The number of carbonyl (C=O) groups excluding carboxylic acids is 1. The molecule has 0 atom stereocenters. The van der Waals surface area contributed by atoms with Crippen LogP contribution in [0, 0.1) is 0 Å². The lowest BCUT2D eigenvalue weighted by Crippen LogP contribution is -2.13. The molecule has 1 aromatic heterocycles. The van der Waals surface area contributed by atoms with E-state index in [1.807, 2.05) is 31.2 Å². The van der Waals surface area contributed by atoms with E-state index in [0.717, 1.165) is 16.8 Å². The molecule has 0 aliphatic carbocycles. The summed E-state index contributed by atoms with van der Waals surface area (Å²) in [6.45, 7) is 1.98. The molecule has 2 aromatic rings. The van der Waals surface area contributed by atoms with Crippen molar-refractivity contribution in [1.29, 1.82) is 0 Å². The number of allylic oxidation sites excluding steroid dienone is 1. The van der Waals surface area contributed by atoms with E-state index >= 15 is 0 Å². The number of benzene rings is 1. The Morgan fingerprint density at radius 2 is 2.26 bits per heavy atom. The highest BCUT2D eigenvalue weighted by molar-refractivity contribution is 6.30. The van der Waals surface area contributed by atoms with Gasteiger partial charge in [-0.1, -0.05) is 23.7 Å². The van der Waals surface area contributed by atoms with E-state index < -0.39 is 0 Å². The van der Waals surface area contributed by atoms with Gasteiger partial charge in [-0.2, -0.15) is 5.10 Å². The van der Waals surface area contributed by atoms with Gasteiger partial charge in [0.05, 0.1) is 11.9 Å². The van der Waals surface area contributed by atoms with Crippen LogP contribution in [-0.2, 0) is 4.79 Å². The fraction of sp³-hybridized carbons (Fsp3) is 0.143. The molecule has 1 amide bonds. The van der Waals surface area contributed by atoms with Crippen LogP contribution in [0.3, 0.4) is 0 Å². The minimum absolute atomic E-state index is 0.0399. The van der Waals surface area contributed by atoms with Crippen molar-refractivity contribution < 1.29 is 4.79 Å². The maximum atomic E-state index is 11.7. The molecule has 0 unspecified atom stereocenters. The minimum atomic E-state index is -0.0399. The van der Waals surface area contributed by atoms with Gasteiger partial charge in [-0.15, -0.1) is 0 Å². The Morgan fingerprint density at radius 3 is 3.05 bits per heavy atom. The molecule has 5 heteroatoms. The van der Waals surface area contributed by atoms with Gasteiger partial charge >= 0.3 is 0 Å². The number of amides is 1. The van der Waals surface area contributed by atoms with Crippen LogP contribution < -0.4 is 5.32 Å². The summed E-state index contributed by atoms with van der Waals surface area (Å²) in [6, 6.07) is 7.37. The van der Waals surface area contributed by atoms with Crippen LogP contribution in [-0.4, -0.2) is 15.7 Å². The number of halogens is 1. The lowest BCUT2D eigenvalue weighted by Gasteiger charge is -2.09. The zero-order valence-electron chi connectivity index (χ0n) is 10.4. The lowest BCUT2D eigenvalue weighted by atomic mass is 10.1. The van der Waals surface area contributed by atoms with Crippen molar-refractivity contribution in [1.82, 2.24) is 9.78 Å². The van der Waals surface area contributed by atoms with Crippen molar-refractivity contribution in [2.24, 2.45) is 0 Å². The number of aromatic nitrogens is 2.